The second-order valence-corrected chi connectivity index (χ2v) is 8.25. The van der Waals surface area contributed by atoms with Crippen LogP contribution in [-0.2, 0) is 4.74 Å². The fourth-order valence-electron chi connectivity index (χ4n) is 3.18. The standard InChI is InChI=1S/C26H21NO6S/c1-3-32-26(30)18-6-4-17(5-7-18)22-13-12-20(33-22)14-23-25(29)27-24(34-23)15-21(28)16-8-10-19(31-2)11-9-16/h4-15H,3H2,1-2H3,(H,27,29)/b23-14-,24-15-. The minimum absolute atomic E-state index is 0.224. The van der Waals surface area contributed by atoms with Gasteiger partial charge in [0.1, 0.15) is 17.3 Å². The number of ether oxygens (including phenoxy) is 2. The molecule has 0 radical (unpaired) electrons. The van der Waals surface area contributed by atoms with E-state index in [9.17, 15) is 14.4 Å². The van der Waals surface area contributed by atoms with Gasteiger partial charge in [-0.1, -0.05) is 12.1 Å². The summed E-state index contributed by atoms with van der Waals surface area (Å²) in [6.07, 6.45) is 3.01. The Morgan fingerprint density at radius 1 is 1.00 bits per heavy atom. The third-order valence-corrected chi connectivity index (χ3v) is 5.86. The second-order valence-electron chi connectivity index (χ2n) is 7.17. The second kappa shape index (κ2) is 10.2. The molecule has 0 fully saturated rings. The summed E-state index contributed by atoms with van der Waals surface area (Å²) in [6.45, 7) is 2.07. The largest absolute Gasteiger partial charge is 0.497 e. The molecule has 0 saturated heterocycles. The van der Waals surface area contributed by atoms with Crippen LogP contribution in [-0.4, -0.2) is 30.5 Å². The third kappa shape index (κ3) is 5.24. The average Bonchev–Trinajstić information content (AvgIpc) is 3.46. The number of thiazole rings is 1. The SMILES string of the molecule is CCOC(=O)c1ccc(-c2ccc(/C=c3\s/c(=C\C(=O)c4ccc(OC)cc4)[nH]c3=O)o2)cc1. The van der Waals surface area contributed by atoms with Crippen LogP contribution in [0.25, 0.3) is 23.5 Å². The van der Waals surface area contributed by atoms with Gasteiger partial charge in [0.05, 0.1) is 28.5 Å². The quantitative estimate of drug-likeness (QED) is 0.325. The van der Waals surface area contributed by atoms with Crippen LogP contribution in [0.2, 0.25) is 0 Å². The minimum atomic E-state index is -0.377. The molecule has 4 rings (SSSR count). The lowest BCUT2D eigenvalue weighted by molar-refractivity contribution is 0.0526. The molecular formula is C26H21NO6S. The summed E-state index contributed by atoms with van der Waals surface area (Å²) in [7, 11) is 1.56. The van der Waals surface area contributed by atoms with Gasteiger partial charge in [0.25, 0.3) is 5.56 Å². The highest BCUT2D eigenvalue weighted by Gasteiger charge is 2.09. The van der Waals surface area contributed by atoms with E-state index >= 15 is 0 Å². The van der Waals surface area contributed by atoms with Gasteiger partial charge < -0.3 is 18.9 Å². The molecule has 7 nitrogen and oxygen atoms in total. The van der Waals surface area contributed by atoms with E-state index in [-0.39, 0.29) is 17.3 Å². The Hall–Kier alpha value is -4.17. The normalized spacial score (nSPS) is 12.1. The van der Waals surface area contributed by atoms with Crippen LogP contribution in [0.4, 0.5) is 0 Å². The zero-order chi connectivity index (χ0) is 24.1. The molecule has 4 aromatic rings. The number of Topliss-reactive ketones (excluding diaryl/α,β-unsaturated/α-hetero) is 1. The van der Waals surface area contributed by atoms with Crippen LogP contribution in [0.1, 0.15) is 33.4 Å². The monoisotopic (exact) mass is 475 g/mol. The summed E-state index contributed by atoms with van der Waals surface area (Å²) in [4.78, 5) is 39.3. The van der Waals surface area contributed by atoms with E-state index in [1.54, 1.807) is 80.8 Å². The van der Waals surface area contributed by atoms with Crippen molar-refractivity contribution in [2.24, 2.45) is 0 Å². The van der Waals surface area contributed by atoms with Gasteiger partial charge in [0.2, 0.25) is 0 Å². The predicted octanol–water partition coefficient (Wildman–Crippen LogP) is 3.37. The molecule has 0 unspecified atom stereocenters. The molecular weight excluding hydrogens is 454 g/mol. The van der Waals surface area contributed by atoms with Gasteiger partial charge >= 0.3 is 5.97 Å². The predicted molar refractivity (Wildman–Crippen MR) is 130 cm³/mol. The topological polar surface area (TPSA) is 98.6 Å². The number of esters is 1. The number of hydrogen-bond donors (Lipinski definition) is 1. The van der Waals surface area contributed by atoms with Crippen LogP contribution >= 0.6 is 11.3 Å². The molecule has 8 heteroatoms. The number of carbonyl (C=O) groups excluding carboxylic acids is 2. The first-order valence-electron chi connectivity index (χ1n) is 10.4. The number of aromatic nitrogens is 1. The molecule has 2 aromatic carbocycles. The molecule has 172 valence electrons. The summed E-state index contributed by atoms with van der Waals surface area (Å²) in [6, 6.07) is 17.2. The maximum Gasteiger partial charge on any atom is 0.338 e. The first-order valence-corrected chi connectivity index (χ1v) is 11.3. The number of aromatic amines is 1. The molecule has 2 aromatic heterocycles. The van der Waals surface area contributed by atoms with Crippen LogP contribution < -0.4 is 19.5 Å². The zero-order valence-electron chi connectivity index (χ0n) is 18.5. The highest BCUT2D eigenvalue weighted by molar-refractivity contribution is 7.07. The average molecular weight is 476 g/mol. The Kier molecular flexibility index (Phi) is 6.89. The Labute approximate surface area is 198 Å². The van der Waals surface area contributed by atoms with Gasteiger partial charge in [-0.05, 0) is 55.5 Å². The fraction of sp³-hybridized carbons (Fsp3) is 0.115. The Balaban J connectivity index is 1.55. The van der Waals surface area contributed by atoms with Gasteiger partial charge in [0.15, 0.2) is 5.78 Å². The van der Waals surface area contributed by atoms with Crippen molar-refractivity contribution in [1.82, 2.24) is 4.98 Å². The van der Waals surface area contributed by atoms with Crippen molar-refractivity contribution >= 4 is 35.2 Å². The maximum absolute atomic E-state index is 12.5. The van der Waals surface area contributed by atoms with Gasteiger partial charge in [0, 0.05) is 23.3 Å². The van der Waals surface area contributed by atoms with E-state index in [1.807, 2.05) is 0 Å². The van der Waals surface area contributed by atoms with Crippen LogP contribution in [0.5, 0.6) is 5.75 Å². The van der Waals surface area contributed by atoms with Crippen molar-refractivity contribution in [3.63, 3.8) is 0 Å². The molecule has 1 N–H and O–H groups in total. The van der Waals surface area contributed by atoms with Crippen molar-refractivity contribution in [2.75, 3.05) is 13.7 Å². The molecule has 0 saturated carbocycles. The van der Waals surface area contributed by atoms with E-state index in [4.69, 9.17) is 13.9 Å². The van der Waals surface area contributed by atoms with Crippen molar-refractivity contribution < 1.29 is 23.5 Å². The molecule has 0 spiro atoms. The van der Waals surface area contributed by atoms with E-state index in [0.717, 1.165) is 16.9 Å². The van der Waals surface area contributed by atoms with E-state index in [0.29, 0.717) is 44.2 Å². The number of hydrogen-bond acceptors (Lipinski definition) is 7. The summed E-state index contributed by atoms with van der Waals surface area (Å²) in [5.41, 5.74) is 1.43. The summed E-state index contributed by atoms with van der Waals surface area (Å²) >= 11 is 1.16. The van der Waals surface area contributed by atoms with E-state index in [2.05, 4.69) is 4.98 Å². The van der Waals surface area contributed by atoms with Crippen LogP contribution in [0.3, 0.4) is 0 Å². The number of nitrogens with one attached hydrogen (secondary N) is 1. The fourth-order valence-corrected chi connectivity index (χ4v) is 4.05. The number of ketones is 1. The molecule has 0 atom stereocenters. The van der Waals surface area contributed by atoms with Crippen molar-refractivity contribution in [3.05, 3.63) is 97.1 Å². The van der Waals surface area contributed by atoms with Crippen LogP contribution in [0, 0.1) is 0 Å². The summed E-state index contributed by atoms with van der Waals surface area (Å²) in [5, 5.41) is 0. The molecule has 34 heavy (non-hydrogen) atoms. The third-order valence-electron chi connectivity index (χ3n) is 4.90. The number of furan rings is 1. The highest BCUT2D eigenvalue weighted by atomic mass is 32.1. The van der Waals surface area contributed by atoms with Crippen LogP contribution in [0.15, 0.2) is 69.9 Å². The smallest absolute Gasteiger partial charge is 0.338 e. The molecule has 0 bridgehead atoms. The number of rotatable bonds is 7. The molecule has 2 heterocycles. The number of methoxy groups -OCH3 is 1. The van der Waals surface area contributed by atoms with E-state index in [1.165, 1.54) is 6.08 Å². The molecule has 0 amide bonds. The number of benzene rings is 2. The highest BCUT2D eigenvalue weighted by Crippen LogP contribution is 2.23. The zero-order valence-corrected chi connectivity index (χ0v) is 19.3. The summed E-state index contributed by atoms with van der Waals surface area (Å²) < 4.78 is 16.8. The van der Waals surface area contributed by atoms with Gasteiger partial charge in [-0.3, -0.25) is 9.59 Å². The number of carbonyl (C=O) groups is 2. The molecule has 0 aliphatic rings. The maximum atomic E-state index is 12.5. The Bertz CT molecular complexity index is 1490. The Morgan fingerprint density at radius 2 is 1.71 bits per heavy atom. The van der Waals surface area contributed by atoms with Crippen molar-refractivity contribution in [2.45, 2.75) is 6.92 Å². The first-order chi connectivity index (χ1) is 16.5. The van der Waals surface area contributed by atoms with Gasteiger partial charge in [-0.25, -0.2) is 4.79 Å². The minimum Gasteiger partial charge on any atom is -0.497 e. The first kappa shape index (κ1) is 23.0. The lowest BCUT2D eigenvalue weighted by Gasteiger charge is -2.02. The van der Waals surface area contributed by atoms with Gasteiger partial charge in [-0.15, -0.1) is 11.3 Å². The van der Waals surface area contributed by atoms with Crippen molar-refractivity contribution in [3.8, 4) is 17.1 Å². The Morgan fingerprint density at radius 3 is 2.38 bits per heavy atom. The van der Waals surface area contributed by atoms with Crippen molar-refractivity contribution in [1.29, 1.82) is 0 Å². The lowest BCUT2D eigenvalue weighted by Crippen LogP contribution is -2.19. The molecule has 0 aliphatic carbocycles. The van der Waals surface area contributed by atoms with Gasteiger partial charge in [-0.2, -0.15) is 0 Å². The molecule has 0 aliphatic heterocycles. The lowest BCUT2D eigenvalue weighted by atomic mass is 10.1. The van der Waals surface area contributed by atoms with E-state index < -0.39 is 0 Å². The summed E-state index contributed by atoms with van der Waals surface area (Å²) in [5.74, 6) is 1.14. The number of H-pyrrole nitrogens is 1.